The van der Waals surface area contributed by atoms with Crippen LogP contribution in [0.2, 0.25) is 0 Å². The fourth-order valence-corrected chi connectivity index (χ4v) is 1.07. The molecule has 0 N–H and O–H groups in total. The number of rotatable bonds is 2. The second-order valence-corrected chi connectivity index (χ2v) is 3.71. The zero-order chi connectivity index (χ0) is 9.90. The van der Waals surface area contributed by atoms with Crippen molar-refractivity contribution in [3.63, 3.8) is 0 Å². The van der Waals surface area contributed by atoms with E-state index in [0.29, 0.717) is 5.56 Å². The molecule has 0 aliphatic rings. The number of benzene rings is 1. The third kappa shape index (κ3) is 2.06. The van der Waals surface area contributed by atoms with Crippen LogP contribution in [0.5, 0.6) is 0 Å². The van der Waals surface area contributed by atoms with Crippen LogP contribution in [-0.4, -0.2) is 6.67 Å². The predicted octanol–water partition coefficient (Wildman–Crippen LogP) is 2.81. The maximum atomic E-state index is 12.6. The molecular formula is C11H12FN. The van der Waals surface area contributed by atoms with E-state index in [4.69, 9.17) is 5.26 Å². The van der Waals surface area contributed by atoms with Crippen molar-refractivity contribution in [2.24, 2.45) is 0 Å². The molecule has 0 aromatic heterocycles. The zero-order valence-corrected chi connectivity index (χ0v) is 7.84. The molecule has 0 aliphatic carbocycles. The SMILES string of the molecule is CC(C)(CF)c1ccc(C#N)cc1. The van der Waals surface area contributed by atoms with Crippen molar-refractivity contribution < 1.29 is 4.39 Å². The van der Waals surface area contributed by atoms with Crippen molar-refractivity contribution in [1.29, 1.82) is 5.26 Å². The van der Waals surface area contributed by atoms with Gasteiger partial charge in [-0.2, -0.15) is 5.26 Å². The molecule has 0 bridgehead atoms. The van der Waals surface area contributed by atoms with Crippen molar-refractivity contribution in [2.45, 2.75) is 19.3 Å². The Kier molecular flexibility index (Phi) is 2.67. The van der Waals surface area contributed by atoms with E-state index >= 15 is 0 Å². The van der Waals surface area contributed by atoms with Crippen molar-refractivity contribution in [1.82, 2.24) is 0 Å². The van der Waals surface area contributed by atoms with Gasteiger partial charge in [-0.1, -0.05) is 26.0 Å². The lowest BCUT2D eigenvalue weighted by molar-refractivity contribution is 0.351. The molecule has 0 fully saturated rings. The molecule has 0 amide bonds. The monoisotopic (exact) mass is 177 g/mol. The van der Waals surface area contributed by atoms with Crippen LogP contribution in [0.4, 0.5) is 4.39 Å². The Morgan fingerprint density at radius 2 is 1.85 bits per heavy atom. The lowest BCUT2D eigenvalue weighted by atomic mass is 9.86. The van der Waals surface area contributed by atoms with Gasteiger partial charge < -0.3 is 0 Å². The second-order valence-electron chi connectivity index (χ2n) is 3.71. The third-order valence-electron chi connectivity index (χ3n) is 2.13. The first-order valence-electron chi connectivity index (χ1n) is 4.17. The summed E-state index contributed by atoms with van der Waals surface area (Å²) in [6, 6.07) is 9.07. The summed E-state index contributed by atoms with van der Waals surface area (Å²) in [6.07, 6.45) is 0. The van der Waals surface area contributed by atoms with Crippen LogP contribution in [0.25, 0.3) is 0 Å². The minimum absolute atomic E-state index is 0.390. The highest BCUT2D eigenvalue weighted by atomic mass is 19.1. The van der Waals surface area contributed by atoms with Crippen LogP contribution in [0.3, 0.4) is 0 Å². The zero-order valence-electron chi connectivity index (χ0n) is 7.84. The Balaban J connectivity index is 3.00. The van der Waals surface area contributed by atoms with Crippen LogP contribution in [-0.2, 0) is 5.41 Å². The van der Waals surface area contributed by atoms with Gasteiger partial charge in [0.05, 0.1) is 18.3 Å². The number of hydrogen-bond acceptors (Lipinski definition) is 1. The fourth-order valence-electron chi connectivity index (χ4n) is 1.07. The van der Waals surface area contributed by atoms with Crippen LogP contribution >= 0.6 is 0 Å². The number of nitriles is 1. The largest absolute Gasteiger partial charge is 0.250 e. The van der Waals surface area contributed by atoms with Gasteiger partial charge in [0, 0.05) is 5.41 Å². The van der Waals surface area contributed by atoms with E-state index in [1.54, 1.807) is 24.3 Å². The van der Waals surface area contributed by atoms with E-state index < -0.39 is 5.41 Å². The molecule has 1 aromatic rings. The number of nitrogens with zero attached hydrogens (tertiary/aromatic N) is 1. The summed E-state index contributed by atoms with van der Waals surface area (Å²) in [4.78, 5) is 0. The molecule has 2 heteroatoms. The van der Waals surface area contributed by atoms with Crippen LogP contribution < -0.4 is 0 Å². The molecule has 0 saturated carbocycles. The molecule has 1 aromatic carbocycles. The van der Waals surface area contributed by atoms with Crippen LogP contribution in [0.15, 0.2) is 24.3 Å². The van der Waals surface area contributed by atoms with Gasteiger partial charge in [0.1, 0.15) is 0 Å². The van der Waals surface area contributed by atoms with Crippen molar-refractivity contribution in [3.8, 4) is 6.07 Å². The van der Waals surface area contributed by atoms with Gasteiger partial charge in [0.2, 0.25) is 0 Å². The topological polar surface area (TPSA) is 23.8 Å². The molecule has 1 rings (SSSR count). The highest BCUT2D eigenvalue weighted by Crippen LogP contribution is 2.23. The van der Waals surface area contributed by atoms with E-state index in [9.17, 15) is 4.39 Å². The first-order chi connectivity index (χ1) is 6.10. The fraction of sp³-hybridized carbons (Fsp3) is 0.364. The lowest BCUT2D eigenvalue weighted by Crippen LogP contribution is -2.19. The van der Waals surface area contributed by atoms with Gasteiger partial charge in [-0.3, -0.25) is 4.39 Å². The summed E-state index contributed by atoms with van der Waals surface area (Å²) >= 11 is 0. The van der Waals surface area contributed by atoms with Gasteiger partial charge in [-0.25, -0.2) is 0 Å². The Morgan fingerprint density at radius 1 is 1.31 bits per heavy atom. The molecule has 0 unspecified atom stereocenters. The minimum Gasteiger partial charge on any atom is -0.250 e. The number of hydrogen-bond donors (Lipinski definition) is 0. The summed E-state index contributed by atoms with van der Waals surface area (Å²) in [5.74, 6) is 0. The maximum Gasteiger partial charge on any atom is 0.0991 e. The summed E-state index contributed by atoms with van der Waals surface area (Å²) in [5, 5.41) is 8.56. The average Bonchev–Trinajstić information content (AvgIpc) is 2.18. The smallest absolute Gasteiger partial charge is 0.0991 e. The van der Waals surface area contributed by atoms with Gasteiger partial charge >= 0.3 is 0 Å². The maximum absolute atomic E-state index is 12.6. The highest BCUT2D eigenvalue weighted by Gasteiger charge is 2.19. The predicted molar refractivity (Wildman–Crippen MR) is 50.2 cm³/mol. The van der Waals surface area contributed by atoms with Crippen molar-refractivity contribution in [3.05, 3.63) is 35.4 Å². The van der Waals surface area contributed by atoms with Crippen molar-refractivity contribution in [2.75, 3.05) is 6.67 Å². The first-order valence-corrected chi connectivity index (χ1v) is 4.17. The van der Waals surface area contributed by atoms with Gasteiger partial charge in [0.15, 0.2) is 0 Å². The van der Waals surface area contributed by atoms with E-state index in [-0.39, 0.29) is 6.67 Å². The molecule has 0 spiro atoms. The van der Waals surface area contributed by atoms with Crippen LogP contribution in [0, 0.1) is 11.3 Å². The molecule has 0 radical (unpaired) electrons. The highest BCUT2D eigenvalue weighted by molar-refractivity contribution is 5.34. The van der Waals surface area contributed by atoms with Gasteiger partial charge in [-0.15, -0.1) is 0 Å². The summed E-state index contributed by atoms with van der Waals surface area (Å²) in [6.45, 7) is 3.29. The van der Waals surface area contributed by atoms with Crippen LogP contribution in [0.1, 0.15) is 25.0 Å². The second kappa shape index (κ2) is 3.57. The molecule has 0 aliphatic heterocycles. The summed E-state index contributed by atoms with van der Waals surface area (Å²) < 4.78 is 12.6. The van der Waals surface area contributed by atoms with E-state index in [1.807, 2.05) is 19.9 Å². The van der Waals surface area contributed by atoms with Gasteiger partial charge in [-0.05, 0) is 17.7 Å². The Bertz CT molecular complexity index is 319. The number of halogens is 1. The molecule has 13 heavy (non-hydrogen) atoms. The molecular weight excluding hydrogens is 165 g/mol. The summed E-state index contributed by atoms with van der Waals surface area (Å²) in [5.41, 5.74) is 1.08. The minimum atomic E-state index is -0.450. The summed E-state index contributed by atoms with van der Waals surface area (Å²) in [7, 11) is 0. The lowest BCUT2D eigenvalue weighted by Gasteiger charge is -2.20. The van der Waals surface area contributed by atoms with Crippen molar-refractivity contribution >= 4 is 0 Å². The molecule has 0 heterocycles. The Morgan fingerprint density at radius 3 is 2.23 bits per heavy atom. The Labute approximate surface area is 77.8 Å². The molecule has 0 saturated heterocycles. The molecule has 0 atom stereocenters. The Hall–Kier alpha value is -1.36. The van der Waals surface area contributed by atoms with Gasteiger partial charge in [0.25, 0.3) is 0 Å². The first kappa shape index (κ1) is 9.73. The van der Waals surface area contributed by atoms with E-state index in [0.717, 1.165) is 5.56 Å². The quantitative estimate of drug-likeness (QED) is 0.681. The molecule has 1 nitrogen and oxygen atoms in total. The average molecular weight is 177 g/mol. The molecule has 68 valence electrons. The number of alkyl halides is 1. The van der Waals surface area contributed by atoms with E-state index in [1.165, 1.54) is 0 Å². The third-order valence-corrected chi connectivity index (χ3v) is 2.13. The van der Waals surface area contributed by atoms with E-state index in [2.05, 4.69) is 0 Å². The standard InChI is InChI=1S/C11H12FN/c1-11(2,8-12)10-5-3-9(7-13)4-6-10/h3-6H,8H2,1-2H3. The normalized spacial score (nSPS) is 10.9.